The van der Waals surface area contributed by atoms with E-state index in [1.165, 1.54) is 11.3 Å². The number of thiazole rings is 1. The highest BCUT2D eigenvalue weighted by Crippen LogP contribution is 2.26. The summed E-state index contributed by atoms with van der Waals surface area (Å²) in [5.74, 6) is 0.749. The van der Waals surface area contributed by atoms with Crippen LogP contribution in [-0.4, -0.2) is 17.4 Å². The van der Waals surface area contributed by atoms with Gasteiger partial charge in [-0.1, -0.05) is 13.8 Å². The van der Waals surface area contributed by atoms with Crippen LogP contribution in [0.3, 0.4) is 0 Å². The third-order valence-electron chi connectivity index (χ3n) is 3.94. The molecule has 0 saturated heterocycles. The summed E-state index contributed by atoms with van der Waals surface area (Å²) < 4.78 is 5.31. The van der Waals surface area contributed by atoms with E-state index in [0.29, 0.717) is 13.1 Å². The first-order valence-electron chi connectivity index (χ1n) is 7.12. The molecule has 2 heterocycles. The van der Waals surface area contributed by atoms with Crippen molar-refractivity contribution in [2.75, 3.05) is 6.54 Å². The van der Waals surface area contributed by atoms with Crippen molar-refractivity contribution in [1.82, 2.24) is 10.3 Å². The fourth-order valence-electron chi connectivity index (χ4n) is 2.21. The van der Waals surface area contributed by atoms with E-state index in [0.717, 1.165) is 29.3 Å². The van der Waals surface area contributed by atoms with Crippen LogP contribution in [0, 0.1) is 5.41 Å². The van der Waals surface area contributed by atoms with Crippen LogP contribution >= 0.6 is 11.3 Å². The number of nitrogens with one attached hydrogen (secondary N) is 1. The number of aromatic nitrogens is 1. The minimum absolute atomic E-state index is 0.00236. The molecule has 6 heteroatoms. The lowest BCUT2D eigenvalue weighted by Gasteiger charge is -2.28. The molecule has 2 aromatic rings. The summed E-state index contributed by atoms with van der Waals surface area (Å²) in [7, 11) is 0. The molecule has 0 bridgehead atoms. The Kier molecular flexibility index (Phi) is 5.14. The largest absolute Gasteiger partial charge is 0.462 e. The number of rotatable bonds is 7. The zero-order valence-electron chi connectivity index (χ0n) is 12.4. The van der Waals surface area contributed by atoms with Gasteiger partial charge in [0.15, 0.2) is 10.8 Å². The Bertz CT molecular complexity index is 565. The minimum atomic E-state index is -0.472. The quantitative estimate of drug-likeness (QED) is 0.824. The molecule has 1 amide bonds. The number of furan rings is 1. The molecule has 0 fully saturated rings. The average molecular weight is 307 g/mol. The molecule has 0 spiro atoms. The van der Waals surface area contributed by atoms with Gasteiger partial charge in [0.25, 0.3) is 0 Å². The van der Waals surface area contributed by atoms with Gasteiger partial charge >= 0.3 is 0 Å². The second-order valence-electron chi connectivity index (χ2n) is 5.00. The normalized spacial score (nSPS) is 11.6. The average Bonchev–Trinajstić information content (AvgIpc) is 3.18. The van der Waals surface area contributed by atoms with E-state index in [2.05, 4.69) is 10.3 Å². The molecule has 0 atom stereocenters. The maximum Gasteiger partial charge on any atom is 0.227 e. The Morgan fingerprint density at radius 2 is 2.24 bits per heavy atom. The van der Waals surface area contributed by atoms with Crippen LogP contribution < -0.4 is 11.1 Å². The summed E-state index contributed by atoms with van der Waals surface area (Å²) in [6.07, 6.45) is 3.09. The van der Waals surface area contributed by atoms with Gasteiger partial charge < -0.3 is 15.5 Å². The second kappa shape index (κ2) is 6.87. The molecule has 0 radical (unpaired) electrons. The van der Waals surface area contributed by atoms with E-state index in [1.807, 2.05) is 31.4 Å². The number of hydrogen-bond donors (Lipinski definition) is 2. The summed E-state index contributed by atoms with van der Waals surface area (Å²) in [5, 5.41) is 5.70. The SMILES string of the molecule is CCC(CC)(CN)C(=O)NCc1csc(-c2ccco2)n1. The first-order valence-corrected chi connectivity index (χ1v) is 7.99. The van der Waals surface area contributed by atoms with Crippen LogP contribution in [0.15, 0.2) is 28.2 Å². The van der Waals surface area contributed by atoms with E-state index in [4.69, 9.17) is 10.2 Å². The van der Waals surface area contributed by atoms with Crippen molar-refractivity contribution < 1.29 is 9.21 Å². The number of carbonyl (C=O) groups excluding carboxylic acids is 1. The van der Waals surface area contributed by atoms with Gasteiger partial charge in [0, 0.05) is 11.9 Å². The van der Waals surface area contributed by atoms with Crippen molar-refractivity contribution >= 4 is 17.2 Å². The first-order chi connectivity index (χ1) is 10.1. The zero-order chi connectivity index (χ0) is 15.3. The highest BCUT2D eigenvalue weighted by molar-refractivity contribution is 7.13. The molecule has 0 unspecified atom stereocenters. The molecule has 0 aliphatic rings. The smallest absolute Gasteiger partial charge is 0.227 e. The Hall–Kier alpha value is -1.66. The number of nitrogens with zero attached hydrogens (tertiary/aromatic N) is 1. The lowest BCUT2D eigenvalue weighted by molar-refractivity contribution is -0.131. The summed E-state index contributed by atoms with van der Waals surface area (Å²) in [6, 6.07) is 3.70. The van der Waals surface area contributed by atoms with E-state index in [9.17, 15) is 4.79 Å². The summed E-state index contributed by atoms with van der Waals surface area (Å²) in [6.45, 7) is 4.76. The van der Waals surface area contributed by atoms with Gasteiger partial charge in [0.2, 0.25) is 5.91 Å². The van der Waals surface area contributed by atoms with Crippen LogP contribution in [0.25, 0.3) is 10.8 Å². The molecule has 2 rings (SSSR count). The van der Waals surface area contributed by atoms with E-state index in [1.54, 1.807) is 6.26 Å². The zero-order valence-corrected chi connectivity index (χ0v) is 13.2. The van der Waals surface area contributed by atoms with Gasteiger partial charge in [0.1, 0.15) is 0 Å². The highest BCUT2D eigenvalue weighted by Gasteiger charge is 2.33. The fraction of sp³-hybridized carbons (Fsp3) is 0.467. The van der Waals surface area contributed by atoms with Crippen molar-refractivity contribution in [1.29, 1.82) is 0 Å². The van der Waals surface area contributed by atoms with Crippen LogP contribution in [0.4, 0.5) is 0 Å². The number of hydrogen-bond acceptors (Lipinski definition) is 5. The molecule has 0 saturated carbocycles. The van der Waals surface area contributed by atoms with Crippen LogP contribution in [-0.2, 0) is 11.3 Å². The lowest BCUT2D eigenvalue weighted by atomic mass is 9.81. The summed E-state index contributed by atoms with van der Waals surface area (Å²) in [5.41, 5.74) is 6.14. The molecule has 21 heavy (non-hydrogen) atoms. The fourth-order valence-corrected chi connectivity index (χ4v) is 3.00. The van der Waals surface area contributed by atoms with Gasteiger partial charge in [-0.05, 0) is 25.0 Å². The monoisotopic (exact) mass is 307 g/mol. The van der Waals surface area contributed by atoms with Gasteiger partial charge in [-0.2, -0.15) is 0 Å². The number of amides is 1. The standard InChI is InChI=1S/C15H21N3O2S/c1-3-15(4-2,10-16)14(19)17-8-11-9-21-13(18-11)12-6-5-7-20-12/h5-7,9H,3-4,8,10,16H2,1-2H3,(H,17,19). The Morgan fingerprint density at radius 3 is 2.81 bits per heavy atom. The van der Waals surface area contributed by atoms with Gasteiger partial charge in [0.05, 0.1) is 23.9 Å². The Labute approximate surface area is 128 Å². The molecule has 0 aromatic carbocycles. The van der Waals surface area contributed by atoms with E-state index >= 15 is 0 Å². The summed E-state index contributed by atoms with van der Waals surface area (Å²) in [4.78, 5) is 16.8. The highest BCUT2D eigenvalue weighted by atomic mass is 32.1. The Balaban J connectivity index is 1.99. The number of nitrogens with two attached hydrogens (primary N) is 1. The van der Waals surface area contributed by atoms with Crippen molar-refractivity contribution in [2.24, 2.45) is 11.1 Å². The maximum atomic E-state index is 12.3. The minimum Gasteiger partial charge on any atom is -0.462 e. The first kappa shape index (κ1) is 15.7. The predicted molar refractivity (Wildman–Crippen MR) is 83.7 cm³/mol. The van der Waals surface area contributed by atoms with Crippen molar-refractivity contribution in [3.8, 4) is 10.8 Å². The molecule has 0 aliphatic carbocycles. The third kappa shape index (κ3) is 3.33. The van der Waals surface area contributed by atoms with Crippen molar-refractivity contribution in [3.05, 3.63) is 29.5 Å². The van der Waals surface area contributed by atoms with E-state index in [-0.39, 0.29) is 5.91 Å². The second-order valence-corrected chi connectivity index (χ2v) is 5.85. The van der Waals surface area contributed by atoms with Crippen molar-refractivity contribution in [3.63, 3.8) is 0 Å². The molecule has 114 valence electrons. The molecule has 0 aliphatic heterocycles. The van der Waals surface area contributed by atoms with Gasteiger partial charge in [-0.3, -0.25) is 4.79 Å². The topological polar surface area (TPSA) is 81.2 Å². The molecule has 3 N–H and O–H groups in total. The Morgan fingerprint density at radius 1 is 1.48 bits per heavy atom. The van der Waals surface area contributed by atoms with Crippen LogP contribution in [0.5, 0.6) is 0 Å². The molecule has 5 nitrogen and oxygen atoms in total. The van der Waals surface area contributed by atoms with Crippen LogP contribution in [0.2, 0.25) is 0 Å². The predicted octanol–water partition coefficient (Wildman–Crippen LogP) is 2.78. The molecular weight excluding hydrogens is 286 g/mol. The molecular formula is C15H21N3O2S. The molecule has 2 aromatic heterocycles. The summed E-state index contributed by atoms with van der Waals surface area (Å²) >= 11 is 1.50. The van der Waals surface area contributed by atoms with E-state index < -0.39 is 5.41 Å². The van der Waals surface area contributed by atoms with Gasteiger partial charge in [-0.25, -0.2) is 4.98 Å². The van der Waals surface area contributed by atoms with Crippen LogP contribution in [0.1, 0.15) is 32.4 Å². The third-order valence-corrected chi connectivity index (χ3v) is 4.85. The number of carbonyl (C=O) groups is 1. The lowest BCUT2D eigenvalue weighted by Crippen LogP contribution is -2.45. The maximum absolute atomic E-state index is 12.3. The van der Waals surface area contributed by atoms with Crippen molar-refractivity contribution in [2.45, 2.75) is 33.2 Å². The van der Waals surface area contributed by atoms with Gasteiger partial charge in [-0.15, -0.1) is 11.3 Å².